The molecule has 2 aliphatic heterocycles. The van der Waals surface area contributed by atoms with Crippen molar-refractivity contribution in [2.75, 3.05) is 0 Å². The molecule has 3 nitrogen and oxygen atoms in total. The van der Waals surface area contributed by atoms with Crippen molar-refractivity contribution in [1.29, 1.82) is 0 Å². The predicted octanol–water partition coefficient (Wildman–Crippen LogP) is 5.70. The molecule has 2 unspecified atom stereocenters. The van der Waals surface area contributed by atoms with Gasteiger partial charge in [0, 0.05) is 33.7 Å². The number of thiophene rings is 1. The Labute approximate surface area is 180 Å². The van der Waals surface area contributed by atoms with Gasteiger partial charge in [-0.1, -0.05) is 24.3 Å². The van der Waals surface area contributed by atoms with Crippen molar-refractivity contribution in [2.24, 2.45) is 0 Å². The number of hydrogen-bond acceptors (Lipinski definition) is 4. The number of aliphatic hydroxyl groups excluding tert-OH is 1. The van der Waals surface area contributed by atoms with Gasteiger partial charge in [-0.2, -0.15) is 0 Å². The maximum Gasteiger partial charge on any atom is 0.198 e. The first-order valence-electron chi connectivity index (χ1n) is 10.4. The molecule has 3 atom stereocenters. The van der Waals surface area contributed by atoms with Gasteiger partial charge in [0.2, 0.25) is 0 Å². The van der Waals surface area contributed by atoms with Gasteiger partial charge >= 0.3 is 0 Å². The van der Waals surface area contributed by atoms with Gasteiger partial charge in [-0.25, -0.2) is 4.39 Å². The Morgan fingerprint density at radius 1 is 1.20 bits per heavy atom. The molecule has 5 heteroatoms. The second-order valence-corrected chi connectivity index (χ2v) is 9.59. The number of hydrogen-bond donors (Lipinski definition) is 1. The normalized spacial score (nSPS) is 25.6. The first-order chi connectivity index (χ1) is 14.4. The van der Waals surface area contributed by atoms with Gasteiger partial charge in [0.1, 0.15) is 5.82 Å². The zero-order valence-electron chi connectivity index (χ0n) is 17.2. The van der Waals surface area contributed by atoms with Crippen molar-refractivity contribution in [3.05, 3.63) is 81.5 Å². The van der Waals surface area contributed by atoms with Gasteiger partial charge in [-0.05, 0) is 61.2 Å². The van der Waals surface area contributed by atoms with Crippen LogP contribution in [-0.4, -0.2) is 17.3 Å². The van der Waals surface area contributed by atoms with Crippen LogP contribution in [0.2, 0.25) is 0 Å². The van der Waals surface area contributed by atoms with E-state index in [9.17, 15) is 9.50 Å². The molecule has 5 rings (SSSR count). The van der Waals surface area contributed by atoms with Crippen LogP contribution in [0.1, 0.15) is 46.9 Å². The maximum atomic E-state index is 14.1. The summed E-state index contributed by atoms with van der Waals surface area (Å²) in [6.07, 6.45) is 1.39. The fourth-order valence-electron chi connectivity index (χ4n) is 4.68. The monoisotopic (exact) mass is 424 g/mol. The van der Waals surface area contributed by atoms with Gasteiger partial charge in [0.15, 0.2) is 5.79 Å². The largest absolute Gasteiger partial charge is 0.393 e. The van der Waals surface area contributed by atoms with Crippen LogP contribution in [0.15, 0.2) is 48.5 Å². The van der Waals surface area contributed by atoms with E-state index in [0.717, 1.165) is 22.4 Å². The van der Waals surface area contributed by atoms with Crippen LogP contribution in [0, 0.1) is 12.7 Å². The Balaban J connectivity index is 1.46. The quantitative estimate of drug-likeness (QED) is 0.586. The summed E-state index contributed by atoms with van der Waals surface area (Å²) in [5.41, 5.74) is 5.23. The molecule has 1 spiro atoms. The van der Waals surface area contributed by atoms with Crippen LogP contribution in [0.3, 0.4) is 0 Å². The second-order valence-electron chi connectivity index (χ2n) is 8.42. The highest BCUT2D eigenvalue weighted by Gasteiger charge is 2.47. The summed E-state index contributed by atoms with van der Waals surface area (Å²) in [5, 5.41) is 10.3. The summed E-state index contributed by atoms with van der Waals surface area (Å²) in [5.74, 6) is -1.04. The van der Waals surface area contributed by atoms with Crippen molar-refractivity contribution in [1.82, 2.24) is 0 Å². The third-order valence-electron chi connectivity index (χ3n) is 6.10. The zero-order valence-corrected chi connectivity index (χ0v) is 18.0. The molecule has 2 aromatic carbocycles. The van der Waals surface area contributed by atoms with Gasteiger partial charge in [-0.15, -0.1) is 11.3 Å². The Hall–Kier alpha value is -2.05. The van der Waals surface area contributed by atoms with Crippen molar-refractivity contribution >= 4 is 11.3 Å². The molecule has 30 heavy (non-hydrogen) atoms. The maximum absolute atomic E-state index is 14.1. The molecular weight excluding hydrogens is 399 g/mol. The van der Waals surface area contributed by atoms with E-state index >= 15 is 0 Å². The van der Waals surface area contributed by atoms with E-state index in [1.54, 1.807) is 17.4 Å². The molecular formula is C25H25FO3S. The summed E-state index contributed by atoms with van der Waals surface area (Å²) in [6.45, 7) is 4.61. The average Bonchev–Trinajstić information content (AvgIpc) is 3.27. The smallest absolute Gasteiger partial charge is 0.198 e. The zero-order chi connectivity index (χ0) is 20.9. The van der Waals surface area contributed by atoms with E-state index in [-0.39, 0.29) is 11.9 Å². The Kier molecular flexibility index (Phi) is 5.02. The molecule has 0 bridgehead atoms. The minimum Gasteiger partial charge on any atom is -0.393 e. The van der Waals surface area contributed by atoms with E-state index in [0.29, 0.717) is 25.0 Å². The summed E-state index contributed by atoms with van der Waals surface area (Å²) in [4.78, 5) is 2.12. The molecule has 0 amide bonds. The Morgan fingerprint density at radius 3 is 2.83 bits per heavy atom. The van der Waals surface area contributed by atoms with Crippen LogP contribution >= 0.6 is 11.3 Å². The molecule has 156 valence electrons. The highest BCUT2D eigenvalue weighted by molar-refractivity contribution is 7.15. The summed E-state index contributed by atoms with van der Waals surface area (Å²) in [6, 6.07) is 15.3. The van der Waals surface area contributed by atoms with Crippen molar-refractivity contribution in [2.45, 2.75) is 57.7 Å². The van der Waals surface area contributed by atoms with Gasteiger partial charge in [0.25, 0.3) is 0 Å². The molecule has 3 aromatic rings. The van der Waals surface area contributed by atoms with Crippen LogP contribution in [0.5, 0.6) is 0 Å². The molecule has 0 radical (unpaired) electrons. The molecule has 1 N–H and O–H groups in total. The summed E-state index contributed by atoms with van der Waals surface area (Å²) >= 11 is 1.62. The molecule has 1 aromatic heterocycles. The average molecular weight is 425 g/mol. The molecule has 0 saturated carbocycles. The topological polar surface area (TPSA) is 38.7 Å². The number of aryl methyl sites for hydroxylation is 1. The van der Waals surface area contributed by atoms with E-state index in [4.69, 9.17) is 9.47 Å². The molecule has 3 heterocycles. The highest BCUT2D eigenvalue weighted by atomic mass is 32.1. The van der Waals surface area contributed by atoms with Gasteiger partial charge < -0.3 is 14.6 Å². The highest BCUT2D eigenvalue weighted by Crippen LogP contribution is 2.46. The van der Waals surface area contributed by atoms with Crippen LogP contribution < -0.4 is 0 Å². The number of halogens is 1. The Morgan fingerprint density at radius 2 is 2.03 bits per heavy atom. The molecule has 0 aliphatic carbocycles. The third kappa shape index (κ3) is 3.50. The first kappa shape index (κ1) is 19.9. The van der Waals surface area contributed by atoms with Gasteiger partial charge in [-0.3, -0.25) is 0 Å². The lowest BCUT2D eigenvalue weighted by atomic mass is 9.89. The molecule has 1 fully saturated rings. The van der Waals surface area contributed by atoms with E-state index in [1.807, 2.05) is 25.1 Å². The van der Waals surface area contributed by atoms with E-state index in [2.05, 4.69) is 25.1 Å². The fourth-order valence-corrected chi connectivity index (χ4v) is 5.74. The van der Waals surface area contributed by atoms with Crippen molar-refractivity contribution in [3.8, 4) is 10.4 Å². The van der Waals surface area contributed by atoms with Crippen molar-refractivity contribution < 1.29 is 19.0 Å². The SMILES string of the molecule is Cc1cc2c(cc1Cc1ccc(-c3ccccc3F)s1)[C@]1(CC(O)CC(C)O1)OC2. The molecule has 1 saturated heterocycles. The van der Waals surface area contributed by atoms with E-state index < -0.39 is 11.9 Å². The lowest BCUT2D eigenvalue weighted by molar-refractivity contribution is -0.295. The van der Waals surface area contributed by atoms with Crippen LogP contribution in [0.25, 0.3) is 10.4 Å². The third-order valence-corrected chi connectivity index (χ3v) is 7.22. The second kappa shape index (κ2) is 7.57. The summed E-state index contributed by atoms with van der Waals surface area (Å²) < 4.78 is 26.5. The molecule has 2 aliphatic rings. The number of benzene rings is 2. The van der Waals surface area contributed by atoms with Crippen LogP contribution in [0.4, 0.5) is 4.39 Å². The van der Waals surface area contributed by atoms with E-state index in [1.165, 1.54) is 22.1 Å². The summed E-state index contributed by atoms with van der Waals surface area (Å²) in [7, 11) is 0. The van der Waals surface area contributed by atoms with Crippen LogP contribution in [-0.2, 0) is 28.3 Å². The standard InChI is InChI=1S/C25H25FO3S/c1-15-9-18-14-28-25(13-19(27)10-16(2)29-25)22(18)12-17(15)11-20-7-8-24(30-20)21-5-3-4-6-23(21)26/h3-9,12,16,19,27H,10-11,13-14H2,1-2H3/t16?,19?,25-/m1/s1. The lowest BCUT2D eigenvalue weighted by Gasteiger charge is -2.39. The minimum atomic E-state index is -0.845. The Bertz CT molecular complexity index is 1080. The number of rotatable bonds is 3. The predicted molar refractivity (Wildman–Crippen MR) is 116 cm³/mol. The number of ether oxygens (including phenoxy) is 2. The number of aliphatic hydroxyl groups is 1. The minimum absolute atomic E-state index is 0.0509. The first-order valence-corrected chi connectivity index (χ1v) is 11.2. The van der Waals surface area contributed by atoms with Gasteiger partial charge in [0.05, 0.1) is 18.8 Å². The fraction of sp³-hybridized carbons (Fsp3) is 0.360. The lowest BCUT2D eigenvalue weighted by Crippen LogP contribution is -2.43. The van der Waals surface area contributed by atoms with Crippen molar-refractivity contribution in [3.63, 3.8) is 0 Å². The number of fused-ring (bicyclic) bond motifs is 2.